The van der Waals surface area contributed by atoms with Crippen LogP contribution < -0.4 is 10.6 Å². The van der Waals surface area contributed by atoms with E-state index in [1.54, 1.807) is 0 Å². The van der Waals surface area contributed by atoms with E-state index in [-0.39, 0.29) is 24.9 Å². The predicted molar refractivity (Wildman–Crippen MR) is 62.4 cm³/mol. The third-order valence-electron chi connectivity index (χ3n) is 2.29. The molecule has 1 atom stereocenters. The molecule has 0 aromatic carbocycles. The number of rotatable bonds is 6. The van der Waals surface area contributed by atoms with Crippen LogP contribution in [0, 0.1) is 0 Å². The van der Waals surface area contributed by atoms with Crippen LogP contribution in [0.2, 0.25) is 0 Å². The van der Waals surface area contributed by atoms with Crippen molar-refractivity contribution < 1.29 is 9.53 Å². The number of halogens is 1. The van der Waals surface area contributed by atoms with Gasteiger partial charge in [-0.1, -0.05) is 6.92 Å². The van der Waals surface area contributed by atoms with Gasteiger partial charge in [0.2, 0.25) is 5.91 Å². The summed E-state index contributed by atoms with van der Waals surface area (Å²) >= 11 is 0. The summed E-state index contributed by atoms with van der Waals surface area (Å²) < 4.78 is 5.13. The molecule has 1 heterocycles. The van der Waals surface area contributed by atoms with E-state index in [0.29, 0.717) is 12.6 Å². The van der Waals surface area contributed by atoms with Crippen molar-refractivity contribution in [1.29, 1.82) is 0 Å². The van der Waals surface area contributed by atoms with E-state index < -0.39 is 0 Å². The molecule has 0 aromatic heterocycles. The second kappa shape index (κ2) is 8.95. The molecule has 90 valence electrons. The van der Waals surface area contributed by atoms with E-state index in [9.17, 15) is 4.79 Å². The van der Waals surface area contributed by atoms with Crippen LogP contribution in [0.1, 0.15) is 26.2 Å². The third kappa shape index (κ3) is 6.71. The highest BCUT2D eigenvalue weighted by molar-refractivity contribution is 5.85. The van der Waals surface area contributed by atoms with Gasteiger partial charge >= 0.3 is 0 Å². The lowest BCUT2D eigenvalue weighted by Crippen LogP contribution is -2.38. The summed E-state index contributed by atoms with van der Waals surface area (Å²) in [6.07, 6.45) is 3.33. The molecule has 0 aliphatic carbocycles. The van der Waals surface area contributed by atoms with Gasteiger partial charge in [0.1, 0.15) is 6.61 Å². The summed E-state index contributed by atoms with van der Waals surface area (Å²) in [6.45, 7) is 4.69. The zero-order valence-corrected chi connectivity index (χ0v) is 10.1. The second-order valence-electron chi connectivity index (χ2n) is 3.65. The van der Waals surface area contributed by atoms with E-state index in [2.05, 4.69) is 10.6 Å². The molecule has 0 spiro atoms. The van der Waals surface area contributed by atoms with Crippen molar-refractivity contribution in [2.75, 3.05) is 26.3 Å². The molecule has 1 saturated heterocycles. The Morgan fingerprint density at radius 2 is 2.40 bits per heavy atom. The summed E-state index contributed by atoms with van der Waals surface area (Å²) in [7, 11) is 0. The normalized spacial score (nSPS) is 19.7. The first-order valence-electron chi connectivity index (χ1n) is 5.40. The van der Waals surface area contributed by atoms with Crippen LogP contribution in [-0.4, -0.2) is 38.3 Å². The quantitative estimate of drug-likeness (QED) is 0.668. The number of ether oxygens (including phenoxy) is 1. The fraction of sp³-hybridized carbons (Fsp3) is 0.900. The average molecular weight is 237 g/mol. The molecule has 1 amide bonds. The Labute approximate surface area is 97.5 Å². The molecule has 15 heavy (non-hydrogen) atoms. The van der Waals surface area contributed by atoms with Gasteiger partial charge in [-0.2, -0.15) is 0 Å². The fourth-order valence-electron chi connectivity index (χ4n) is 1.53. The molecule has 1 fully saturated rings. The highest BCUT2D eigenvalue weighted by Gasteiger charge is 2.14. The van der Waals surface area contributed by atoms with E-state index in [1.165, 1.54) is 6.42 Å². The summed E-state index contributed by atoms with van der Waals surface area (Å²) in [5.74, 6) is -0.00727. The summed E-state index contributed by atoms with van der Waals surface area (Å²) in [5.41, 5.74) is 0. The van der Waals surface area contributed by atoms with Gasteiger partial charge in [-0.15, -0.1) is 12.4 Å². The molecule has 0 saturated carbocycles. The standard InChI is InChI=1S/C10H20N2O2.ClH/c1-2-6-14-8-10(13)12-7-9-4-3-5-11-9;/h9,11H,2-8H2,1H3,(H,12,13);1H. The highest BCUT2D eigenvalue weighted by Crippen LogP contribution is 2.02. The fourth-order valence-corrected chi connectivity index (χ4v) is 1.53. The molecular weight excluding hydrogens is 216 g/mol. The summed E-state index contributed by atoms with van der Waals surface area (Å²) in [6, 6.07) is 0.463. The first-order chi connectivity index (χ1) is 6.83. The summed E-state index contributed by atoms with van der Waals surface area (Å²) in [5, 5.41) is 6.18. The molecule has 1 rings (SSSR count). The Morgan fingerprint density at radius 1 is 1.60 bits per heavy atom. The van der Waals surface area contributed by atoms with Crippen molar-refractivity contribution in [3.63, 3.8) is 0 Å². The van der Waals surface area contributed by atoms with E-state index >= 15 is 0 Å². The Morgan fingerprint density at radius 3 is 3.00 bits per heavy atom. The molecule has 1 aliphatic rings. The molecule has 1 unspecified atom stereocenters. The number of nitrogens with one attached hydrogen (secondary N) is 2. The van der Waals surface area contributed by atoms with Gasteiger partial charge in [0.25, 0.3) is 0 Å². The van der Waals surface area contributed by atoms with Gasteiger partial charge in [0.05, 0.1) is 0 Å². The van der Waals surface area contributed by atoms with Gasteiger partial charge in [0.15, 0.2) is 0 Å². The topological polar surface area (TPSA) is 50.4 Å². The zero-order chi connectivity index (χ0) is 10.2. The van der Waals surface area contributed by atoms with Gasteiger partial charge in [0, 0.05) is 19.2 Å². The minimum absolute atomic E-state index is 0. The first kappa shape index (κ1) is 14.7. The first-order valence-corrected chi connectivity index (χ1v) is 5.40. The minimum atomic E-state index is -0.00727. The maximum absolute atomic E-state index is 11.2. The molecule has 1 aliphatic heterocycles. The van der Waals surface area contributed by atoms with Crippen molar-refractivity contribution in [3.8, 4) is 0 Å². The lowest BCUT2D eigenvalue weighted by atomic mass is 10.2. The molecule has 0 aromatic rings. The van der Waals surface area contributed by atoms with Crippen LogP contribution in [0.15, 0.2) is 0 Å². The Kier molecular flexibility index (Phi) is 8.76. The van der Waals surface area contributed by atoms with Crippen molar-refractivity contribution in [3.05, 3.63) is 0 Å². The molecule has 5 heteroatoms. The SMILES string of the molecule is CCCOCC(=O)NCC1CCCN1.Cl. The van der Waals surface area contributed by atoms with Crippen LogP contribution in [0.3, 0.4) is 0 Å². The minimum Gasteiger partial charge on any atom is -0.372 e. The van der Waals surface area contributed by atoms with Crippen molar-refractivity contribution in [2.24, 2.45) is 0 Å². The van der Waals surface area contributed by atoms with Crippen molar-refractivity contribution in [2.45, 2.75) is 32.2 Å². The number of hydrogen-bond acceptors (Lipinski definition) is 3. The van der Waals surface area contributed by atoms with Gasteiger partial charge in [-0.25, -0.2) is 0 Å². The highest BCUT2D eigenvalue weighted by atomic mass is 35.5. The summed E-state index contributed by atoms with van der Waals surface area (Å²) in [4.78, 5) is 11.2. The molecule has 0 bridgehead atoms. The van der Waals surface area contributed by atoms with Gasteiger partial charge < -0.3 is 15.4 Å². The van der Waals surface area contributed by atoms with Crippen LogP contribution >= 0.6 is 12.4 Å². The monoisotopic (exact) mass is 236 g/mol. The maximum atomic E-state index is 11.2. The maximum Gasteiger partial charge on any atom is 0.246 e. The van der Waals surface area contributed by atoms with Crippen molar-refractivity contribution >= 4 is 18.3 Å². The number of carbonyl (C=O) groups excluding carboxylic acids is 1. The third-order valence-corrected chi connectivity index (χ3v) is 2.29. The number of amides is 1. The lowest BCUT2D eigenvalue weighted by Gasteiger charge is -2.11. The Balaban J connectivity index is 0.00000196. The lowest BCUT2D eigenvalue weighted by molar-refractivity contribution is -0.125. The predicted octanol–water partition coefficient (Wildman–Crippen LogP) is 0.703. The van der Waals surface area contributed by atoms with Gasteiger partial charge in [-0.3, -0.25) is 4.79 Å². The number of carbonyl (C=O) groups is 1. The van der Waals surface area contributed by atoms with E-state index in [0.717, 1.165) is 25.9 Å². The zero-order valence-electron chi connectivity index (χ0n) is 9.25. The molecule has 2 N–H and O–H groups in total. The largest absolute Gasteiger partial charge is 0.372 e. The smallest absolute Gasteiger partial charge is 0.246 e. The number of hydrogen-bond donors (Lipinski definition) is 2. The van der Waals surface area contributed by atoms with Crippen LogP contribution in [0.4, 0.5) is 0 Å². The average Bonchev–Trinajstić information content (AvgIpc) is 2.68. The van der Waals surface area contributed by atoms with Crippen molar-refractivity contribution in [1.82, 2.24) is 10.6 Å². The van der Waals surface area contributed by atoms with Crippen LogP contribution in [-0.2, 0) is 9.53 Å². The Bertz CT molecular complexity index is 173. The van der Waals surface area contributed by atoms with Crippen LogP contribution in [0.25, 0.3) is 0 Å². The molecular formula is C10H21ClN2O2. The molecule has 4 nitrogen and oxygen atoms in total. The molecule has 0 radical (unpaired) electrons. The second-order valence-corrected chi connectivity index (χ2v) is 3.65. The van der Waals surface area contributed by atoms with Crippen LogP contribution in [0.5, 0.6) is 0 Å². The van der Waals surface area contributed by atoms with E-state index in [4.69, 9.17) is 4.74 Å². The van der Waals surface area contributed by atoms with Gasteiger partial charge in [-0.05, 0) is 25.8 Å². The van der Waals surface area contributed by atoms with E-state index in [1.807, 2.05) is 6.92 Å². The Hall–Kier alpha value is -0.320.